The molecule has 0 aromatic heterocycles. The van der Waals surface area contributed by atoms with Crippen molar-refractivity contribution in [2.75, 3.05) is 0 Å². The van der Waals surface area contributed by atoms with E-state index in [1.165, 1.54) is 0 Å². The van der Waals surface area contributed by atoms with E-state index in [4.69, 9.17) is 0 Å². The van der Waals surface area contributed by atoms with E-state index in [1.807, 2.05) is 0 Å². The number of hydrogen-bond donors (Lipinski definition) is 0. The van der Waals surface area contributed by atoms with E-state index in [1.54, 1.807) is 6.08 Å². The molecule has 0 amide bonds. The second-order valence-corrected chi connectivity index (χ2v) is 2.81. The van der Waals surface area contributed by atoms with Crippen LogP contribution in [0.4, 0.5) is 0 Å². The summed E-state index contributed by atoms with van der Waals surface area (Å²) in [4.78, 5) is 21.5. The summed E-state index contributed by atoms with van der Waals surface area (Å²) >= 11 is 0. The molecule has 0 atom stereocenters. The van der Waals surface area contributed by atoms with Crippen LogP contribution in [0.5, 0.6) is 0 Å². The second kappa shape index (κ2) is 4.04. The Hall–Kier alpha value is -1.12. The zero-order valence-electron chi connectivity index (χ0n) is 7.13. The van der Waals surface area contributed by atoms with Gasteiger partial charge in [-0.3, -0.25) is 4.79 Å². The fourth-order valence-electron chi connectivity index (χ4n) is 1.07. The van der Waals surface area contributed by atoms with Crippen molar-refractivity contribution in [3.63, 3.8) is 0 Å². The van der Waals surface area contributed by atoms with Crippen molar-refractivity contribution in [1.82, 2.24) is 0 Å². The highest BCUT2D eigenvalue weighted by atomic mass is 16.6. The molecule has 1 aliphatic heterocycles. The lowest BCUT2D eigenvalue weighted by atomic mass is 10.1. The van der Waals surface area contributed by atoms with Gasteiger partial charge in [0.2, 0.25) is 0 Å². The Kier molecular flexibility index (Phi) is 3.02. The molecule has 0 spiro atoms. The van der Waals surface area contributed by atoms with E-state index < -0.39 is 11.9 Å². The average molecular weight is 168 g/mol. The van der Waals surface area contributed by atoms with E-state index in [9.17, 15) is 9.59 Å². The molecule has 3 nitrogen and oxygen atoms in total. The number of unbranched alkanes of at least 4 members (excludes halogenated alkanes) is 2. The number of hydrogen-bond acceptors (Lipinski definition) is 3. The number of rotatable bonds is 3. The first kappa shape index (κ1) is 8.97. The molecule has 66 valence electrons. The van der Waals surface area contributed by atoms with Crippen molar-refractivity contribution in [3.05, 3.63) is 11.6 Å². The Balaban J connectivity index is 2.46. The topological polar surface area (TPSA) is 43.4 Å². The standard InChI is InChI=1S/C9H12O3/c1-2-3-4-5-7-6-8(10)12-9(7)11/h5H,2-4,6H2,1H3/b7-5+. The van der Waals surface area contributed by atoms with Crippen molar-refractivity contribution >= 4 is 11.9 Å². The minimum Gasteiger partial charge on any atom is -0.389 e. The molecule has 12 heavy (non-hydrogen) atoms. The van der Waals surface area contributed by atoms with Crippen LogP contribution in [0.3, 0.4) is 0 Å². The number of carbonyl (C=O) groups is 2. The molecule has 0 bridgehead atoms. The van der Waals surface area contributed by atoms with Crippen LogP contribution in [0.1, 0.15) is 32.6 Å². The van der Waals surface area contributed by atoms with Gasteiger partial charge in [0, 0.05) is 5.57 Å². The number of carbonyl (C=O) groups excluding carboxylic acids is 2. The summed E-state index contributed by atoms with van der Waals surface area (Å²) in [6, 6.07) is 0. The summed E-state index contributed by atoms with van der Waals surface area (Å²) < 4.78 is 4.36. The van der Waals surface area contributed by atoms with Crippen LogP contribution in [0.15, 0.2) is 11.6 Å². The number of allylic oxidation sites excluding steroid dienone is 1. The fourth-order valence-corrected chi connectivity index (χ4v) is 1.07. The maximum atomic E-state index is 10.9. The van der Waals surface area contributed by atoms with Gasteiger partial charge in [-0.05, 0) is 6.42 Å². The Bertz CT molecular complexity index is 228. The van der Waals surface area contributed by atoms with Gasteiger partial charge in [0.05, 0.1) is 6.42 Å². The average Bonchev–Trinajstić information content (AvgIpc) is 2.31. The zero-order chi connectivity index (χ0) is 8.97. The minimum absolute atomic E-state index is 0.155. The van der Waals surface area contributed by atoms with Crippen LogP contribution in [0.25, 0.3) is 0 Å². The lowest BCUT2D eigenvalue weighted by molar-refractivity contribution is -0.151. The van der Waals surface area contributed by atoms with Crippen molar-refractivity contribution < 1.29 is 14.3 Å². The summed E-state index contributed by atoms with van der Waals surface area (Å²) in [5.74, 6) is -0.890. The highest BCUT2D eigenvalue weighted by Crippen LogP contribution is 2.15. The maximum Gasteiger partial charge on any atom is 0.341 e. The molecule has 1 heterocycles. The molecule has 0 N–H and O–H groups in total. The largest absolute Gasteiger partial charge is 0.389 e. The third-order valence-electron chi connectivity index (χ3n) is 1.75. The molecule has 1 saturated heterocycles. The first-order valence-corrected chi connectivity index (χ1v) is 4.18. The number of cyclic esters (lactones) is 2. The van der Waals surface area contributed by atoms with Crippen molar-refractivity contribution in [1.29, 1.82) is 0 Å². The molecule has 0 aliphatic carbocycles. The normalized spacial score (nSPS) is 20.2. The third kappa shape index (κ3) is 2.19. The number of esters is 2. The highest BCUT2D eigenvalue weighted by Gasteiger charge is 2.26. The molecule has 1 aliphatic rings. The van der Waals surface area contributed by atoms with E-state index >= 15 is 0 Å². The van der Waals surface area contributed by atoms with Crippen LogP contribution in [0, 0.1) is 0 Å². The molecule has 0 aromatic rings. The zero-order valence-corrected chi connectivity index (χ0v) is 7.13. The van der Waals surface area contributed by atoms with E-state index in [0.29, 0.717) is 5.57 Å². The molecule has 1 rings (SSSR count). The summed E-state index contributed by atoms with van der Waals surface area (Å²) in [7, 11) is 0. The molecule has 0 unspecified atom stereocenters. The first-order chi connectivity index (χ1) is 5.74. The van der Waals surface area contributed by atoms with Crippen LogP contribution in [-0.4, -0.2) is 11.9 Å². The predicted octanol–water partition coefficient (Wildman–Crippen LogP) is 1.58. The Labute approximate surface area is 71.4 Å². The van der Waals surface area contributed by atoms with Gasteiger partial charge < -0.3 is 4.74 Å². The maximum absolute atomic E-state index is 10.9. The lowest BCUT2D eigenvalue weighted by Gasteiger charge is -1.90. The van der Waals surface area contributed by atoms with Crippen LogP contribution in [-0.2, 0) is 14.3 Å². The second-order valence-electron chi connectivity index (χ2n) is 2.81. The summed E-state index contributed by atoms with van der Waals surface area (Å²) in [6.45, 7) is 2.08. The summed E-state index contributed by atoms with van der Waals surface area (Å²) in [5, 5.41) is 0. The van der Waals surface area contributed by atoms with E-state index in [-0.39, 0.29) is 6.42 Å². The fraction of sp³-hybridized carbons (Fsp3) is 0.556. The summed E-state index contributed by atoms with van der Waals surface area (Å²) in [6.07, 6.45) is 4.95. The van der Waals surface area contributed by atoms with Gasteiger partial charge in [0.15, 0.2) is 0 Å². The monoisotopic (exact) mass is 168 g/mol. The molecule has 1 fully saturated rings. The minimum atomic E-state index is -0.462. The van der Waals surface area contributed by atoms with Gasteiger partial charge in [-0.15, -0.1) is 0 Å². The van der Waals surface area contributed by atoms with Crippen molar-refractivity contribution in [3.8, 4) is 0 Å². The van der Waals surface area contributed by atoms with E-state index in [0.717, 1.165) is 19.3 Å². The highest BCUT2D eigenvalue weighted by molar-refractivity contribution is 6.05. The molecule has 0 aromatic carbocycles. The molecular weight excluding hydrogens is 156 g/mol. The quantitative estimate of drug-likeness (QED) is 0.278. The van der Waals surface area contributed by atoms with Crippen molar-refractivity contribution in [2.45, 2.75) is 32.6 Å². The third-order valence-corrected chi connectivity index (χ3v) is 1.75. The van der Waals surface area contributed by atoms with Crippen molar-refractivity contribution in [2.24, 2.45) is 0 Å². The van der Waals surface area contributed by atoms with Crippen LogP contribution >= 0.6 is 0 Å². The smallest absolute Gasteiger partial charge is 0.341 e. The molecule has 0 radical (unpaired) electrons. The number of ether oxygens (including phenoxy) is 1. The first-order valence-electron chi connectivity index (χ1n) is 4.18. The van der Waals surface area contributed by atoms with E-state index in [2.05, 4.69) is 11.7 Å². The predicted molar refractivity (Wildman–Crippen MR) is 43.3 cm³/mol. The molecular formula is C9H12O3. The Morgan fingerprint density at radius 3 is 2.75 bits per heavy atom. The SMILES string of the molecule is CCCC/C=C1\CC(=O)OC1=O. The van der Waals surface area contributed by atoms with Crippen LogP contribution < -0.4 is 0 Å². The molecule has 3 heteroatoms. The van der Waals surface area contributed by atoms with Crippen LogP contribution in [0.2, 0.25) is 0 Å². The molecule has 0 saturated carbocycles. The van der Waals surface area contributed by atoms with Gasteiger partial charge in [-0.25, -0.2) is 4.79 Å². The van der Waals surface area contributed by atoms with Gasteiger partial charge in [-0.1, -0.05) is 25.8 Å². The lowest BCUT2D eigenvalue weighted by Crippen LogP contribution is -1.96. The Morgan fingerprint density at radius 1 is 1.50 bits per heavy atom. The van der Waals surface area contributed by atoms with Gasteiger partial charge in [0.25, 0.3) is 0 Å². The summed E-state index contributed by atoms with van der Waals surface area (Å²) in [5.41, 5.74) is 0.522. The van der Waals surface area contributed by atoms with Gasteiger partial charge >= 0.3 is 11.9 Å². The van der Waals surface area contributed by atoms with Gasteiger partial charge in [0.1, 0.15) is 0 Å². The Morgan fingerprint density at radius 2 is 2.25 bits per heavy atom. The van der Waals surface area contributed by atoms with Gasteiger partial charge in [-0.2, -0.15) is 0 Å².